The number of carbonyl (C=O) groups excluding carboxylic acids is 2. The van der Waals surface area contributed by atoms with Gasteiger partial charge in [0.2, 0.25) is 0 Å². The van der Waals surface area contributed by atoms with Crippen LogP contribution >= 0.6 is 0 Å². The highest BCUT2D eigenvalue weighted by molar-refractivity contribution is 6.00. The van der Waals surface area contributed by atoms with Crippen molar-refractivity contribution in [2.45, 2.75) is 18.8 Å². The lowest BCUT2D eigenvalue weighted by molar-refractivity contribution is -0.215. The monoisotopic (exact) mass is 411 g/mol. The number of carbonyl (C=O) groups is 2. The van der Waals surface area contributed by atoms with Crippen molar-refractivity contribution in [3.8, 4) is 5.75 Å². The van der Waals surface area contributed by atoms with Crippen molar-refractivity contribution in [2.24, 2.45) is 0 Å². The SMILES string of the molecule is COC(=O)[C@@](NNc1ccccc1C)(NC(=O)c1ccccc1OC)C(F)(F)F. The van der Waals surface area contributed by atoms with Crippen LogP contribution in [-0.2, 0) is 9.53 Å². The predicted octanol–water partition coefficient (Wildman–Crippen LogP) is 2.78. The van der Waals surface area contributed by atoms with Crippen LogP contribution in [0.15, 0.2) is 48.5 Å². The fraction of sp³-hybridized carbons (Fsp3) is 0.263. The van der Waals surface area contributed by atoms with Crippen molar-refractivity contribution in [1.29, 1.82) is 0 Å². The van der Waals surface area contributed by atoms with E-state index >= 15 is 0 Å². The highest BCUT2D eigenvalue weighted by Gasteiger charge is 2.63. The van der Waals surface area contributed by atoms with Gasteiger partial charge in [0.25, 0.3) is 5.91 Å². The number of benzene rings is 2. The van der Waals surface area contributed by atoms with Crippen molar-refractivity contribution in [2.75, 3.05) is 19.6 Å². The van der Waals surface area contributed by atoms with Crippen molar-refractivity contribution >= 4 is 17.6 Å². The summed E-state index contributed by atoms with van der Waals surface area (Å²) in [4.78, 5) is 24.8. The molecule has 0 saturated carbocycles. The van der Waals surface area contributed by atoms with E-state index in [4.69, 9.17) is 4.74 Å². The second-order valence-electron chi connectivity index (χ2n) is 5.96. The van der Waals surface area contributed by atoms with Crippen molar-refractivity contribution in [3.05, 3.63) is 59.7 Å². The molecule has 2 rings (SSSR count). The smallest absolute Gasteiger partial charge is 0.438 e. The van der Waals surface area contributed by atoms with Gasteiger partial charge in [0, 0.05) is 0 Å². The molecule has 7 nitrogen and oxygen atoms in total. The highest BCUT2D eigenvalue weighted by Crippen LogP contribution is 2.31. The molecule has 10 heteroatoms. The van der Waals surface area contributed by atoms with Gasteiger partial charge in [-0.15, -0.1) is 0 Å². The average molecular weight is 411 g/mol. The largest absolute Gasteiger partial charge is 0.496 e. The standard InChI is InChI=1S/C19H20F3N3O4/c1-12-8-4-6-10-14(12)24-25-18(17(27)29-3,19(20,21)22)23-16(26)13-9-5-7-11-15(13)28-2/h4-11,24-25H,1-3H3,(H,23,26)/t18-/m0/s1. The summed E-state index contributed by atoms with van der Waals surface area (Å²) in [5.74, 6) is -2.91. The number of rotatable bonds is 7. The normalized spacial score (nSPS) is 13.2. The maximum Gasteiger partial charge on any atom is 0.438 e. The molecule has 2 aromatic rings. The van der Waals surface area contributed by atoms with E-state index in [1.807, 2.05) is 5.43 Å². The Bertz CT molecular complexity index is 889. The molecule has 2 aromatic carbocycles. The molecule has 0 aliphatic carbocycles. The molecule has 0 aliphatic rings. The first kappa shape index (κ1) is 22.0. The molecule has 0 heterocycles. The number of alkyl halides is 3. The Morgan fingerprint density at radius 3 is 2.17 bits per heavy atom. The lowest BCUT2D eigenvalue weighted by Crippen LogP contribution is -2.73. The summed E-state index contributed by atoms with van der Waals surface area (Å²) < 4.78 is 51.4. The first-order valence-electron chi connectivity index (χ1n) is 8.35. The molecule has 0 fully saturated rings. The molecule has 0 bridgehead atoms. The Morgan fingerprint density at radius 1 is 0.966 bits per heavy atom. The molecule has 29 heavy (non-hydrogen) atoms. The molecular weight excluding hydrogens is 391 g/mol. The molecule has 3 N–H and O–H groups in total. The Morgan fingerprint density at radius 2 is 1.59 bits per heavy atom. The van der Waals surface area contributed by atoms with Crippen LogP contribution in [0.2, 0.25) is 0 Å². The van der Waals surface area contributed by atoms with E-state index in [0.29, 0.717) is 5.56 Å². The topological polar surface area (TPSA) is 88.7 Å². The zero-order chi connectivity index (χ0) is 21.7. The second kappa shape index (κ2) is 8.82. The number of hydrazine groups is 1. The Hall–Kier alpha value is -3.27. The molecule has 1 atom stereocenters. The number of amides is 1. The number of hydrogen-bond donors (Lipinski definition) is 3. The molecule has 0 spiro atoms. The summed E-state index contributed by atoms with van der Waals surface area (Å²) in [6.07, 6.45) is -5.26. The van der Waals surface area contributed by atoms with Crippen molar-refractivity contribution in [3.63, 3.8) is 0 Å². The van der Waals surface area contributed by atoms with E-state index in [9.17, 15) is 22.8 Å². The average Bonchev–Trinajstić information content (AvgIpc) is 2.70. The Labute approximate surface area is 165 Å². The van der Waals surface area contributed by atoms with Gasteiger partial charge in [0.1, 0.15) is 5.75 Å². The Balaban J connectivity index is 2.44. The third kappa shape index (κ3) is 4.60. The van der Waals surface area contributed by atoms with Crippen molar-refractivity contribution in [1.82, 2.24) is 10.7 Å². The number of anilines is 1. The molecule has 0 aliphatic heterocycles. The van der Waals surface area contributed by atoms with Gasteiger partial charge in [-0.3, -0.25) is 4.79 Å². The van der Waals surface area contributed by atoms with Crippen molar-refractivity contribution < 1.29 is 32.2 Å². The Kier molecular flexibility index (Phi) is 6.70. The van der Waals surface area contributed by atoms with Gasteiger partial charge in [0.05, 0.1) is 25.5 Å². The van der Waals surface area contributed by atoms with E-state index in [-0.39, 0.29) is 17.0 Å². The van der Waals surface area contributed by atoms with Gasteiger partial charge in [-0.1, -0.05) is 30.3 Å². The van der Waals surface area contributed by atoms with Gasteiger partial charge in [0.15, 0.2) is 0 Å². The molecule has 0 saturated heterocycles. The third-order valence-corrected chi connectivity index (χ3v) is 4.10. The zero-order valence-corrected chi connectivity index (χ0v) is 15.9. The van der Waals surface area contributed by atoms with Gasteiger partial charge >= 0.3 is 17.8 Å². The first-order valence-corrected chi connectivity index (χ1v) is 8.35. The number of methoxy groups -OCH3 is 2. The lowest BCUT2D eigenvalue weighted by atomic mass is 10.1. The number of hydrogen-bond acceptors (Lipinski definition) is 6. The van der Waals surface area contributed by atoms with Gasteiger partial charge in [-0.25, -0.2) is 4.79 Å². The fourth-order valence-electron chi connectivity index (χ4n) is 2.49. The number of ether oxygens (including phenoxy) is 2. The summed E-state index contributed by atoms with van der Waals surface area (Å²) in [6.45, 7) is 1.66. The summed E-state index contributed by atoms with van der Waals surface area (Å²) in [5.41, 5.74) is 1.37. The van der Waals surface area contributed by atoms with Crippen LogP contribution in [0.3, 0.4) is 0 Å². The molecular formula is C19H20F3N3O4. The summed E-state index contributed by atoms with van der Waals surface area (Å²) >= 11 is 0. The molecule has 0 radical (unpaired) electrons. The van der Waals surface area contributed by atoms with Crippen LogP contribution < -0.4 is 20.9 Å². The number of nitrogens with one attached hydrogen (secondary N) is 3. The van der Waals surface area contributed by atoms with Crippen LogP contribution in [-0.4, -0.2) is 37.9 Å². The maximum atomic E-state index is 14.0. The van der Waals surface area contributed by atoms with Gasteiger partial charge < -0.3 is 20.2 Å². The molecule has 0 aromatic heterocycles. The number of halogens is 3. The quantitative estimate of drug-likeness (QED) is 0.369. The minimum absolute atomic E-state index is 0.0396. The molecule has 1 amide bonds. The molecule has 156 valence electrons. The minimum Gasteiger partial charge on any atom is -0.496 e. The lowest BCUT2D eigenvalue weighted by Gasteiger charge is -2.35. The first-order chi connectivity index (χ1) is 13.7. The van der Waals surface area contributed by atoms with Crippen LogP contribution in [0, 0.1) is 6.92 Å². The zero-order valence-electron chi connectivity index (χ0n) is 15.9. The van der Waals surface area contributed by atoms with E-state index in [1.165, 1.54) is 31.4 Å². The highest BCUT2D eigenvalue weighted by atomic mass is 19.4. The molecule has 0 unspecified atom stereocenters. The second-order valence-corrected chi connectivity index (χ2v) is 5.96. The van der Waals surface area contributed by atoms with E-state index < -0.39 is 23.7 Å². The van der Waals surface area contributed by atoms with Gasteiger partial charge in [-0.2, -0.15) is 18.6 Å². The van der Waals surface area contributed by atoms with E-state index in [1.54, 1.807) is 36.5 Å². The minimum atomic E-state index is -5.26. The van der Waals surface area contributed by atoms with Crippen LogP contribution in [0.5, 0.6) is 5.75 Å². The summed E-state index contributed by atoms with van der Waals surface area (Å²) in [7, 11) is 2.05. The third-order valence-electron chi connectivity index (χ3n) is 4.10. The number of aryl methyl sites for hydroxylation is 1. The number of esters is 1. The van der Waals surface area contributed by atoms with Crippen LogP contribution in [0.25, 0.3) is 0 Å². The summed E-state index contributed by atoms with van der Waals surface area (Å²) in [6, 6.07) is 12.1. The summed E-state index contributed by atoms with van der Waals surface area (Å²) in [5, 5.41) is 1.71. The van der Waals surface area contributed by atoms with Crippen LogP contribution in [0.1, 0.15) is 15.9 Å². The van der Waals surface area contributed by atoms with E-state index in [0.717, 1.165) is 7.11 Å². The fourth-order valence-corrected chi connectivity index (χ4v) is 2.49. The van der Waals surface area contributed by atoms with Gasteiger partial charge in [-0.05, 0) is 30.7 Å². The van der Waals surface area contributed by atoms with E-state index in [2.05, 4.69) is 10.2 Å². The van der Waals surface area contributed by atoms with Crippen LogP contribution in [0.4, 0.5) is 18.9 Å². The predicted molar refractivity (Wildman–Crippen MR) is 99.2 cm³/mol. The maximum absolute atomic E-state index is 14.0. The number of para-hydroxylation sites is 2.